The average molecular weight is 393 g/mol. The van der Waals surface area contributed by atoms with E-state index in [-0.39, 0.29) is 24.0 Å². The third-order valence-electron chi connectivity index (χ3n) is 3.19. The van der Waals surface area contributed by atoms with Gasteiger partial charge in [0.2, 0.25) is 0 Å². The van der Waals surface area contributed by atoms with Gasteiger partial charge in [0, 0.05) is 51.9 Å². The fraction of sp³-hybridized carbons (Fsp3) is 0.692. The van der Waals surface area contributed by atoms with Gasteiger partial charge in [-0.05, 0) is 13.8 Å². The second kappa shape index (κ2) is 9.17. The smallest absolute Gasteiger partial charge is 0.193 e. The van der Waals surface area contributed by atoms with E-state index in [1.807, 2.05) is 6.07 Å². The molecule has 0 radical (unpaired) electrons. The van der Waals surface area contributed by atoms with Crippen LogP contribution in [0.1, 0.15) is 19.5 Å². The molecule has 0 aliphatic carbocycles. The number of hydrogen-bond donors (Lipinski definition) is 1. The summed E-state index contributed by atoms with van der Waals surface area (Å²) in [7, 11) is 0. The molecule has 0 amide bonds. The monoisotopic (exact) mass is 393 g/mol. The van der Waals surface area contributed by atoms with Gasteiger partial charge in [0.1, 0.15) is 6.26 Å². The van der Waals surface area contributed by atoms with Crippen LogP contribution >= 0.6 is 24.0 Å². The first-order chi connectivity index (χ1) is 9.33. The van der Waals surface area contributed by atoms with E-state index in [0.29, 0.717) is 0 Å². The minimum atomic E-state index is 0. The first kappa shape index (κ1) is 17.2. The van der Waals surface area contributed by atoms with E-state index in [2.05, 4.69) is 39.1 Å². The van der Waals surface area contributed by atoms with Crippen molar-refractivity contribution in [1.29, 1.82) is 0 Å². The number of aromatic nitrogens is 1. The molecule has 0 saturated carbocycles. The molecular weight excluding hydrogens is 369 g/mol. The molecule has 2 rings (SSSR count). The number of rotatable bonds is 4. The van der Waals surface area contributed by atoms with Crippen LogP contribution in [0.15, 0.2) is 21.8 Å². The molecule has 1 aromatic heterocycles. The lowest BCUT2D eigenvalue weighted by Gasteiger charge is -2.36. The lowest BCUT2D eigenvalue weighted by molar-refractivity contribution is 0.169. The minimum absolute atomic E-state index is 0. The van der Waals surface area contributed by atoms with E-state index >= 15 is 0 Å². The molecule has 0 aromatic carbocycles. The van der Waals surface area contributed by atoms with Crippen LogP contribution in [0.25, 0.3) is 0 Å². The van der Waals surface area contributed by atoms with Gasteiger partial charge in [-0.1, -0.05) is 5.16 Å². The van der Waals surface area contributed by atoms with Crippen molar-refractivity contribution in [2.45, 2.75) is 20.4 Å². The van der Waals surface area contributed by atoms with Crippen molar-refractivity contribution in [3.63, 3.8) is 0 Å². The normalized spacial score (nSPS) is 16.9. The molecule has 0 bridgehead atoms. The van der Waals surface area contributed by atoms with Gasteiger partial charge < -0.3 is 14.7 Å². The van der Waals surface area contributed by atoms with Gasteiger partial charge in [-0.25, -0.2) is 0 Å². The Kier molecular flexibility index (Phi) is 7.90. The Morgan fingerprint density at radius 1 is 1.35 bits per heavy atom. The number of nitrogens with zero attached hydrogens (tertiary/aromatic N) is 4. The molecule has 1 N–H and O–H groups in total. The second-order valence-electron chi connectivity index (χ2n) is 4.58. The Hall–Kier alpha value is -0.830. The van der Waals surface area contributed by atoms with Gasteiger partial charge in [0.25, 0.3) is 0 Å². The highest BCUT2D eigenvalue weighted by Gasteiger charge is 2.19. The summed E-state index contributed by atoms with van der Waals surface area (Å²) in [5.41, 5.74) is 1.00. The number of nitrogens with one attached hydrogen (secondary N) is 1. The van der Waals surface area contributed by atoms with Crippen LogP contribution in [0.4, 0.5) is 0 Å². The zero-order valence-corrected chi connectivity index (χ0v) is 14.5. The molecule has 1 saturated heterocycles. The molecule has 0 unspecified atom stereocenters. The summed E-state index contributed by atoms with van der Waals surface area (Å²) in [6.45, 7) is 10.8. The Balaban J connectivity index is 0.00000200. The number of aliphatic imine (C=N–C) groups is 1. The number of halogens is 1. The highest BCUT2D eigenvalue weighted by atomic mass is 127. The van der Waals surface area contributed by atoms with Gasteiger partial charge in [0.05, 0.1) is 5.69 Å². The largest absolute Gasteiger partial charge is 0.364 e. The quantitative estimate of drug-likeness (QED) is 0.476. The standard InChI is InChI=1S/C13H23N5O.HI/c1-3-14-13(15-4-2)18-8-6-17(7-9-18)11-12-5-10-19-16-12;/h5,10H,3-4,6-9,11H2,1-2H3,(H,14,15);1H. The zero-order chi connectivity index (χ0) is 13.5. The lowest BCUT2D eigenvalue weighted by atomic mass is 10.3. The van der Waals surface area contributed by atoms with Crippen molar-refractivity contribution in [2.75, 3.05) is 39.3 Å². The Morgan fingerprint density at radius 3 is 2.65 bits per heavy atom. The lowest BCUT2D eigenvalue weighted by Crippen LogP contribution is -2.52. The van der Waals surface area contributed by atoms with Crippen molar-refractivity contribution < 1.29 is 4.52 Å². The molecular formula is C13H24IN5O. The zero-order valence-electron chi connectivity index (χ0n) is 12.2. The summed E-state index contributed by atoms with van der Waals surface area (Å²) in [5.74, 6) is 1.03. The van der Waals surface area contributed by atoms with E-state index in [9.17, 15) is 0 Å². The van der Waals surface area contributed by atoms with E-state index < -0.39 is 0 Å². The van der Waals surface area contributed by atoms with E-state index in [4.69, 9.17) is 4.52 Å². The van der Waals surface area contributed by atoms with Gasteiger partial charge in [-0.15, -0.1) is 24.0 Å². The van der Waals surface area contributed by atoms with Crippen LogP contribution in [0, 0.1) is 0 Å². The van der Waals surface area contributed by atoms with E-state index in [1.54, 1.807) is 6.26 Å². The fourth-order valence-electron chi connectivity index (χ4n) is 2.24. The van der Waals surface area contributed by atoms with Crippen molar-refractivity contribution in [2.24, 2.45) is 4.99 Å². The van der Waals surface area contributed by atoms with Crippen LogP contribution in [0.5, 0.6) is 0 Å². The van der Waals surface area contributed by atoms with E-state index in [1.165, 1.54) is 0 Å². The van der Waals surface area contributed by atoms with Crippen molar-refractivity contribution >= 4 is 29.9 Å². The number of hydrogen-bond acceptors (Lipinski definition) is 4. The average Bonchev–Trinajstić information content (AvgIpc) is 2.92. The summed E-state index contributed by atoms with van der Waals surface area (Å²) in [4.78, 5) is 9.24. The predicted molar refractivity (Wildman–Crippen MR) is 90.4 cm³/mol. The number of guanidine groups is 1. The maximum atomic E-state index is 4.86. The summed E-state index contributed by atoms with van der Waals surface area (Å²) >= 11 is 0. The van der Waals surface area contributed by atoms with Crippen molar-refractivity contribution in [3.05, 3.63) is 18.0 Å². The van der Waals surface area contributed by atoms with Crippen LogP contribution in [-0.4, -0.2) is 60.2 Å². The third kappa shape index (κ3) is 4.93. The molecule has 20 heavy (non-hydrogen) atoms. The summed E-state index contributed by atoms with van der Waals surface area (Å²) in [6, 6.07) is 1.93. The molecule has 114 valence electrons. The Bertz CT molecular complexity index is 387. The Labute approximate surface area is 137 Å². The maximum Gasteiger partial charge on any atom is 0.193 e. The molecule has 2 heterocycles. The summed E-state index contributed by atoms with van der Waals surface area (Å²) in [5, 5.41) is 7.30. The summed E-state index contributed by atoms with van der Waals surface area (Å²) < 4.78 is 4.86. The van der Waals surface area contributed by atoms with Crippen LogP contribution in [-0.2, 0) is 6.54 Å². The molecule has 7 heteroatoms. The van der Waals surface area contributed by atoms with Crippen LogP contribution < -0.4 is 5.32 Å². The molecule has 1 aliphatic rings. The van der Waals surface area contributed by atoms with Crippen molar-refractivity contribution in [1.82, 2.24) is 20.3 Å². The molecule has 0 spiro atoms. The molecule has 0 atom stereocenters. The first-order valence-electron chi connectivity index (χ1n) is 6.98. The topological polar surface area (TPSA) is 56.9 Å². The molecule has 6 nitrogen and oxygen atoms in total. The minimum Gasteiger partial charge on any atom is -0.364 e. The second-order valence-corrected chi connectivity index (χ2v) is 4.58. The van der Waals surface area contributed by atoms with E-state index in [0.717, 1.165) is 57.5 Å². The Morgan fingerprint density at radius 2 is 2.10 bits per heavy atom. The van der Waals surface area contributed by atoms with Gasteiger partial charge >= 0.3 is 0 Å². The molecule has 1 fully saturated rings. The third-order valence-corrected chi connectivity index (χ3v) is 3.19. The maximum absolute atomic E-state index is 4.86. The van der Waals surface area contributed by atoms with Crippen molar-refractivity contribution in [3.8, 4) is 0 Å². The SMILES string of the molecule is CCN=C(NCC)N1CCN(Cc2ccon2)CC1.I. The van der Waals surface area contributed by atoms with Gasteiger partial charge in [-0.2, -0.15) is 0 Å². The van der Waals surface area contributed by atoms with Gasteiger partial charge in [-0.3, -0.25) is 9.89 Å². The first-order valence-corrected chi connectivity index (χ1v) is 6.98. The summed E-state index contributed by atoms with van der Waals surface area (Å²) in [6.07, 6.45) is 1.63. The van der Waals surface area contributed by atoms with Gasteiger partial charge in [0.15, 0.2) is 5.96 Å². The highest BCUT2D eigenvalue weighted by molar-refractivity contribution is 14.0. The highest BCUT2D eigenvalue weighted by Crippen LogP contribution is 2.07. The predicted octanol–water partition coefficient (Wildman–Crippen LogP) is 1.40. The molecule has 1 aliphatic heterocycles. The molecule has 1 aromatic rings. The fourth-order valence-corrected chi connectivity index (χ4v) is 2.24. The number of piperazine rings is 1. The van der Waals surface area contributed by atoms with Crippen LogP contribution in [0.3, 0.4) is 0 Å². The van der Waals surface area contributed by atoms with Crippen LogP contribution in [0.2, 0.25) is 0 Å².